The van der Waals surface area contributed by atoms with Crippen LogP contribution in [0.3, 0.4) is 0 Å². The van der Waals surface area contributed by atoms with E-state index in [1.807, 2.05) is 0 Å². The first kappa shape index (κ1) is 71.8. The molecule has 0 saturated heterocycles. The van der Waals surface area contributed by atoms with Crippen molar-refractivity contribution in [3.63, 3.8) is 0 Å². The lowest BCUT2D eigenvalue weighted by Crippen LogP contribution is -2.45. The van der Waals surface area contributed by atoms with Crippen LogP contribution in [0.2, 0.25) is 0 Å². The molecule has 0 spiro atoms. The molecule has 0 fully saturated rings. The summed E-state index contributed by atoms with van der Waals surface area (Å²) < 4.78 is 5.47. The average Bonchev–Trinajstić information content (AvgIpc) is 3.40. The highest BCUT2D eigenvalue weighted by Gasteiger charge is 2.20. The molecule has 434 valence electrons. The zero-order chi connectivity index (χ0) is 53.6. The number of amides is 1. The lowest BCUT2D eigenvalue weighted by molar-refractivity contribution is -0.143. The number of carbonyl (C=O) groups excluding carboxylic acids is 2. The van der Waals surface area contributed by atoms with Gasteiger partial charge in [-0.2, -0.15) is 0 Å². The topological polar surface area (TPSA) is 95.9 Å². The van der Waals surface area contributed by atoms with Crippen molar-refractivity contribution in [1.82, 2.24) is 5.32 Å². The number of nitrogens with one attached hydrogen (secondary N) is 1. The SMILES string of the molecule is CCC/C=C\C/C=C\CCCCCCCC(=O)OCCCCCCCCCCCCC/C=C\C/C=C\CCCCCCCCCCCCCCCCCCCC(=O)NC(CO)C(O)CCCCCCCCCCC. The number of ether oxygens (including phenoxy) is 1. The van der Waals surface area contributed by atoms with Crippen LogP contribution >= 0.6 is 0 Å². The minimum atomic E-state index is -0.660. The maximum absolute atomic E-state index is 12.4. The molecule has 0 aromatic heterocycles. The molecule has 0 saturated carbocycles. The Labute approximate surface area is 461 Å². The summed E-state index contributed by atoms with van der Waals surface area (Å²) in [5.74, 6) is -0.0333. The molecule has 0 radical (unpaired) electrons. The lowest BCUT2D eigenvalue weighted by Gasteiger charge is -2.22. The smallest absolute Gasteiger partial charge is 0.305 e. The van der Waals surface area contributed by atoms with Gasteiger partial charge < -0.3 is 20.3 Å². The van der Waals surface area contributed by atoms with Crippen LogP contribution in [0.4, 0.5) is 0 Å². The van der Waals surface area contributed by atoms with Crippen LogP contribution in [0.15, 0.2) is 48.6 Å². The van der Waals surface area contributed by atoms with Gasteiger partial charge in [-0.3, -0.25) is 9.59 Å². The molecule has 0 aliphatic carbocycles. The van der Waals surface area contributed by atoms with Crippen LogP contribution in [0.1, 0.15) is 348 Å². The molecule has 1 amide bonds. The molecule has 0 aromatic rings. The predicted octanol–water partition coefficient (Wildman–Crippen LogP) is 20.9. The second-order valence-electron chi connectivity index (χ2n) is 22.4. The molecule has 0 heterocycles. The summed E-state index contributed by atoms with van der Waals surface area (Å²) in [5, 5.41) is 23.1. The monoisotopic (exact) mass is 1040 g/mol. The molecular formula is C68H127NO5. The van der Waals surface area contributed by atoms with Gasteiger partial charge in [0.15, 0.2) is 0 Å². The summed E-state index contributed by atoms with van der Waals surface area (Å²) in [7, 11) is 0. The Morgan fingerprint density at radius 1 is 0.378 bits per heavy atom. The van der Waals surface area contributed by atoms with Crippen LogP contribution in [0, 0.1) is 0 Å². The van der Waals surface area contributed by atoms with E-state index in [0.29, 0.717) is 25.9 Å². The third kappa shape index (κ3) is 59.1. The van der Waals surface area contributed by atoms with Crippen molar-refractivity contribution in [1.29, 1.82) is 0 Å². The van der Waals surface area contributed by atoms with Gasteiger partial charge in [-0.25, -0.2) is 0 Å². The Kier molecular flexibility index (Phi) is 61.5. The molecule has 3 N–H and O–H groups in total. The molecule has 6 heteroatoms. The van der Waals surface area contributed by atoms with E-state index >= 15 is 0 Å². The van der Waals surface area contributed by atoms with Crippen LogP contribution < -0.4 is 5.32 Å². The van der Waals surface area contributed by atoms with Gasteiger partial charge in [0.25, 0.3) is 0 Å². The van der Waals surface area contributed by atoms with Gasteiger partial charge in [-0.15, -0.1) is 0 Å². The third-order valence-corrected chi connectivity index (χ3v) is 15.1. The maximum atomic E-state index is 12.4. The Morgan fingerprint density at radius 3 is 1.08 bits per heavy atom. The fourth-order valence-corrected chi connectivity index (χ4v) is 10.1. The Hall–Kier alpha value is -2.18. The Bertz CT molecular complexity index is 1240. The van der Waals surface area contributed by atoms with E-state index in [1.54, 1.807) is 0 Å². The van der Waals surface area contributed by atoms with Gasteiger partial charge >= 0.3 is 5.97 Å². The van der Waals surface area contributed by atoms with E-state index in [-0.39, 0.29) is 18.5 Å². The van der Waals surface area contributed by atoms with Gasteiger partial charge in [0, 0.05) is 12.8 Å². The maximum Gasteiger partial charge on any atom is 0.305 e. The van der Waals surface area contributed by atoms with Crippen molar-refractivity contribution in [2.24, 2.45) is 0 Å². The molecular weight excluding hydrogens is 911 g/mol. The summed E-state index contributed by atoms with van der Waals surface area (Å²) in [6.45, 7) is 4.87. The molecule has 0 aromatic carbocycles. The second-order valence-corrected chi connectivity index (χ2v) is 22.4. The number of aliphatic hydroxyl groups excluding tert-OH is 2. The van der Waals surface area contributed by atoms with E-state index < -0.39 is 12.1 Å². The van der Waals surface area contributed by atoms with Crippen molar-refractivity contribution < 1.29 is 24.5 Å². The van der Waals surface area contributed by atoms with E-state index in [2.05, 4.69) is 67.8 Å². The van der Waals surface area contributed by atoms with Crippen molar-refractivity contribution >= 4 is 11.9 Å². The molecule has 0 bridgehead atoms. The van der Waals surface area contributed by atoms with Crippen LogP contribution in [0.5, 0.6) is 0 Å². The number of unbranched alkanes of at least 4 members (excludes halogenated alkanes) is 42. The van der Waals surface area contributed by atoms with Gasteiger partial charge in [-0.1, -0.05) is 300 Å². The highest BCUT2D eigenvalue weighted by molar-refractivity contribution is 5.76. The van der Waals surface area contributed by atoms with E-state index in [0.717, 1.165) is 57.8 Å². The molecule has 0 rings (SSSR count). The molecule has 0 aliphatic rings. The van der Waals surface area contributed by atoms with Crippen LogP contribution in [-0.4, -0.2) is 47.4 Å². The number of aliphatic hydroxyl groups is 2. The Balaban J connectivity index is 3.35. The summed E-state index contributed by atoms with van der Waals surface area (Å²) in [6.07, 6.45) is 81.7. The number of hydrogen-bond acceptors (Lipinski definition) is 5. The summed E-state index contributed by atoms with van der Waals surface area (Å²) in [4.78, 5) is 24.4. The quantitative estimate of drug-likeness (QED) is 0.0320. The van der Waals surface area contributed by atoms with Crippen molar-refractivity contribution in [2.45, 2.75) is 360 Å². The number of allylic oxidation sites excluding steroid dienone is 8. The fourth-order valence-electron chi connectivity index (χ4n) is 10.1. The van der Waals surface area contributed by atoms with Crippen molar-refractivity contribution in [3.8, 4) is 0 Å². The summed E-state index contributed by atoms with van der Waals surface area (Å²) in [5.41, 5.74) is 0. The molecule has 74 heavy (non-hydrogen) atoms. The first-order valence-electron chi connectivity index (χ1n) is 32.9. The molecule has 2 atom stereocenters. The second kappa shape index (κ2) is 63.4. The van der Waals surface area contributed by atoms with E-state index in [1.165, 1.54) is 257 Å². The first-order chi connectivity index (χ1) is 36.5. The van der Waals surface area contributed by atoms with Gasteiger partial charge in [-0.05, 0) is 83.5 Å². The molecule has 6 nitrogen and oxygen atoms in total. The lowest BCUT2D eigenvalue weighted by atomic mass is 10.0. The van der Waals surface area contributed by atoms with E-state index in [9.17, 15) is 19.8 Å². The standard InChI is InChI=1S/C68H127NO5/c1-3-5-7-9-11-13-14-38-42-46-50-54-58-62-68(73)74-63-59-55-51-47-43-40-37-35-33-31-29-27-25-23-21-19-17-15-16-18-20-22-24-26-28-30-32-34-36-39-41-45-49-53-57-61-67(72)69-65(64-70)66(71)60-56-52-48-44-12-10-8-6-4-2/h7,9,13-14,17,19,23,25,65-66,70-71H,3-6,8,10-12,15-16,18,20-22,24,26-64H2,1-2H3,(H,69,72)/b9-7-,14-13-,19-17-,25-23-. The van der Waals surface area contributed by atoms with Crippen molar-refractivity contribution in [3.05, 3.63) is 48.6 Å². The van der Waals surface area contributed by atoms with Gasteiger partial charge in [0.1, 0.15) is 0 Å². The molecule has 2 unspecified atom stereocenters. The summed E-state index contributed by atoms with van der Waals surface area (Å²) >= 11 is 0. The number of esters is 1. The highest BCUT2D eigenvalue weighted by atomic mass is 16.5. The summed E-state index contributed by atoms with van der Waals surface area (Å²) in [6, 6.07) is -0.538. The van der Waals surface area contributed by atoms with Crippen molar-refractivity contribution in [2.75, 3.05) is 13.2 Å². The number of rotatable bonds is 61. The van der Waals surface area contributed by atoms with Crippen LogP contribution in [0.25, 0.3) is 0 Å². The highest BCUT2D eigenvalue weighted by Crippen LogP contribution is 2.18. The van der Waals surface area contributed by atoms with Gasteiger partial charge in [0.05, 0.1) is 25.4 Å². The van der Waals surface area contributed by atoms with Crippen LogP contribution in [-0.2, 0) is 14.3 Å². The number of hydrogen-bond donors (Lipinski definition) is 3. The zero-order valence-corrected chi connectivity index (χ0v) is 49.6. The Morgan fingerprint density at radius 2 is 0.703 bits per heavy atom. The third-order valence-electron chi connectivity index (χ3n) is 15.1. The minimum absolute atomic E-state index is 0.00104. The zero-order valence-electron chi connectivity index (χ0n) is 49.6. The largest absolute Gasteiger partial charge is 0.466 e. The normalized spacial score (nSPS) is 12.9. The number of carbonyl (C=O) groups is 2. The van der Waals surface area contributed by atoms with E-state index in [4.69, 9.17) is 4.74 Å². The molecule has 0 aliphatic heterocycles. The van der Waals surface area contributed by atoms with Gasteiger partial charge in [0.2, 0.25) is 5.91 Å². The minimum Gasteiger partial charge on any atom is -0.466 e. The fraction of sp³-hybridized carbons (Fsp3) is 0.853. The average molecular weight is 1040 g/mol. The predicted molar refractivity (Wildman–Crippen MR) is 324 cm³/mol. The first-order valence-corrected chi connectivity index (χ1v) is 32.9.